The summed E-state index contributed by atoms with van der Waals surface area (Å²) in [5.74, 6) is 1.22. The molecule has 1 saturated carbocycles. The maximum atomic E-state index is 12.3. The highest BCUT2D eigenvalue weighted by Gasteiger charge is 2.33. The van der Waals surface area contributed by atoms with Crippen LogP contribution in [0.15, 0.2) is 10.6 Å². The van der Waals surface area contributed by atoms with E-state index in [9.17, 15) is 9.90 Å². The van der Waals surface area contributed by atoms with Gasteiger partial charge in [-0.1, -0.05) is 24.4 Å². The molecule has 1 aliphatic carbocycles. The van der Waals surface area contributed by atoms with E-state index in [1.54, 1.807) is 13.0 Å². The minimum atomic E-state index is -0.508. The smallest absolute Gasteiger partial charge is 0.228 e. The average Bonchev–Trinajstić information content (AvgIpc) is 2.93. The molecule has 0 aromatic carbocycles. The van der Waals surface area contributed by atoms with Crippen molar-refractivity contribution in [1.82, 2.24) is 10.1 Å². The van der Waals surface area contributed by atoms with Crippen molar-refractivity contribution in [3.63, 3.8) is 0 Å². The van der Waals surface area contributed by atoms with Gasteiger partial charge in [-0.05, 0) is 45.7 Å². The maximum Gasteiger partial charge on any atom is 0.228 e. The molecule has 0 atom stereocenters. The van der Waals surface area contributed by atoms with Crippen LogP contribution < -0.4 is 5.32 Å². The Kier molecular flexibility index (Phi) is 5.02. The van der Waals surface area contributed by atoms with E-state index in [2.05, 4.69) is 15.4 Å². The Bertz CT molecular complexity index is 529. The molecule has 128 valence electrons. The Balaban J connectivity index is 1.45. The summed E-state index contributed by atoms with van der Waals surface area (Å²) in [5, 5.41) is 17.3. The second kappa shape index (κ2) is 7.01. The number of aryl methyl sites for hydroxylation is 1. The van der Waals surface area contributed by atoms with Gasteiger partial charge in [0.25, 0.3) is 0 Å². The van der Waals surface area contributed by atoms with Gasteiger partial charge in [-0.15, -0.1) is 0 Å². The van der Waals surface area contributed by atoms with E-state index in [1.807, 2.05) is 0 Å². The number of β-amino-alcohol motifs (C(OH)–C–C–N with tert-alkyl or cyclic N) is 1. The van der Waals surface area contributed by atoms with E-state index < -0.39 is 5.60 Å². The molecule has 2 fully saturated rings. The predicted octanol–water partition coefficient (Wildman–Crippen LogP) is 2.33. The van der Waals surface area contributed by atoms with Crippen molar-refractivity contribution in [1.29, 1.82) is 0 Å². The Hall–Kier alpha value is -1.40. The summed E-state index contributed by atoms with van der Waals surface area (Å²) in [6, 6.07) is 1.73. The zero-order chi connectivity index (χ0) is 16.3. The highest BCUT2D eigenvalue weighted by atomic mass is 16.5. The average molecular weight is 321 g/mol. The first-order valence-electron chi connectivity index (χ1n) is 8.73. The van der Waals surface area contributed by atoms with Gasteiger partial charge >= 0.3 is 0 Å². The van der Waals surface area contributed by atoms with Crippen LogP contribution in [0.1, 0.15) is 50.7 Å². The fraction of sp³-hybridized carbons (Fsp3) is 0.765. The van der Waals surface area contributed by atoms with Gasteiger partial charge in [0.2, 0.25) is 5.91 Å². The molecule has 23 heavy (non-hydrogen) atoms. The molecule has 2 heterocycles. The number of nitrogens with zero attached hydrogens (tertiary/aromatic N) is 2. The summed E-state index contributed by atoms with van der Waals surface area (Å²) < 4.78 is 4.96. The van der Waals surface area contributed by atoms with Gasteiger partial charge in [-0.2, -0.15) is 0 Å². The molecule has 1 saturated heterocycles. The topological polar surface area (TPSA) is 78.6 Å². The normalized spacial score (nSPS) is 22.9. The number of aliphatic hydroxyl groups is 1. The van der Waals surface area contributed by atoms with Crippen LogP contribution in [0, 0.1) is 12.8 Å². The molecule has 6 nitrogen and oxygen atoms in total. The largest absolute Gasteiger partial charge is 0.389 e. The van der Waals surface area contributed by atoms with Gasteiger partial charge in [-0.3, -0.25) is 4.79 Å². The van der Waals surface area contributed by atoms with E-state index >= 15 is 0 Å². The third kappa shape index (κ3) is 4.32. The fourth-order valence-electron chi connectivity index (χ4n) is 3.79. The van der Waals surface area contributed by atoms with Crippen LogP contribution >= 0.6 is 0 Å². The Labute approximate surface area is 137 Å². The third-order valence-electron chi connectivity index (χ3n) is 5.14. The Morgan fingerprint density at radius 3 is 2.70 bits per heavy atom. The molecule has 1 amide bonds. The molecule has 1 aromatic heterocycles. The molecule has 6 heteroatoms. The van der Waals surface area contributed by atoms with Crippen LogP contribution in [0.3, 0.4) is 0 Å². The van der Waals surface area contributed by atoms with Crippen molar-refractivity contribution in [3.05, 3.63) is 11.8 Å². The minimum absolute atomic E-state index is 0.0178. The minimum Gasteiger partial charge on any atom is -0.389 e. The van der Waals surface area contributed by atoms with E-state index in [1.165, 1.54) is 6.42 Å². The second-order valence-electron chi connectivity index (χ2n) is 7.15. The standard InChI is InChI=1S/C17H27N3O3/c1-13-11-15(19-23-13)18-16(21)14-5-9-20(10-6-14)12-17(22)7-3-2-4-8-17/h11,14,22H,2-10,12H2,1H3,(H,18,19,21). The number of anilines is 1. The van der Waals surface area contributed by atoms with Gasteiger partial charge in [0.15, 0.2) is 5.82 Å². The van der Waals surface area contributed by atoms with Gasteiger partial charge in [0.1, 0.15) is 5.76 Å². The molecule has 2 N–H and O–H groups in total. The Morgan fingerprint density at radius 2 is 2.09 bits per heavy atom. The van der Waals surface area contributed by atoms with Gasteiger partial charge in [-0.25, -0.2) is 0 Å². The number of likely N-dealkylation sites (tertiary alicyclic amines) is 1. The lowest BCUT2D eigenvalue weighted by atomic mass is 9.84. The van der Waals surface area contributed by atoms with Crippen LogP contribution in [0.2, 0.25) is 0 Å². The molecular formula is C17H27N3O3. The summed E-state index contributed by atoms with van der Waals surface area (Å²) >= 11 is 0. The van der Waals surface area contributed by atoms with Crippen molar-refractivity contribution < 1.29 is 14.4 Å². The quantitative estimate of drug-likeness (QED) is 0.890. The molecule has 2 aliphatic rings. The first-order valence-corrected chi connectivity index (χ1v) is 8.73. The van der Waals surface area contributed by atoms with Crippen molar-refractivity contribution in [2.24, 2.45) is 5.92 Å². The van der Waals surface area contributed by atoms with Crippen LogP contribution in [0.5, 0.6) is 0 Å². The SMILES string of the molecule is Cc1cc(NC(=O)C2CCN(CC3(O)CCCCC3)CC2)no1. The van der Waals surface area contributed by atoms with Crippen LogP contribution in [-0.4, -0.2) is 46.3 Å². The first kappa shape index (κ1) is 16.5. The third-order valence-corrected chi connectivity index (χ3v) is 5.14. The lowest BCUT2D eigenvalue weighted by Crippen LogP contribution is -2.48. The first-order chi connectivity index (χ1) is 11.0. The number of rotatable bonds is 4. The van der Waals surface area contributed by atoms with Crippen molar-refractivity contribution >= 4 is 11.7 Å². The van der Waals surface area contributed by atoms with E-state index in [-0.39, 0.29) is 11.8 Å². The number of nitrogens with one attached hydrogen (secondary N) is 1. The molecule has 1 aliphatic heterocycles. The lowest BCUT2D eigenvalue weighted by Gasteiger charge is -2.39. The maximum absolute atomic E-state index is 12.3. The van der Waals surface area contributed by atoms with Gasteiger partial charge in [0, 0.05) is 18.5 Å². The van der Waals surface area contributed by atoms with Crippen molar-refractivity contribution in [3.8, 4) is 0 Å². The summed E-state index contributed by atoms with van der Waals surface area (Å²) in [5.41, 5.74) is -0.508. The van der Waals surface area contributed by atoms with Gasteiger partial charge < -0.3 is 19.8 Å². The zero-order valence-electron chi connectivity index (χ0n) is 13.9. The van der Waals surface area contributed by atoms with Gasteiger partial charge in [0.05, 0.1) is 5.60 Å². The van der Waals surface area contributed by atoms with Crippen LogP contribution in [-0.2, 0) is 4.79 Å². The predicted molar refractivity (Wildman–Crippen MR) is 87.1 cm³/mol. The van der Waals surface area contributed by atoms with Crippen LogP contribution in [0.25, 0.3) is 0 Å². The number of piperidine rings is 1. The fourth-order valence-corrected chi connectivity index (χ4v) is 3.79. The monoisotopic (exact) mass is 321 g/mol. The number of amides is 1. The molecule has 1 aromatic rings. The van der Waals surface area contributed by atoms with E-state index in [4.69, 9.17) is 4.52 Å². The lowest BCUT2D eigenvalue weighted by molar-refractivity contribution is -0.121. The van der Waals surface area contributed by atoms with Crippen molar-refractivity contribution in [2.45, 2.75) is 57.5 Å². The highest BCUT2D eigenvalue weighted by Crippen LogP contribution is 2.30. The number of hydrogen-bond acceptors (Lipinski definition) is 5. The second-order valence-corrected chi connectivity index (χ2v) is 7.15. The Morgan fingerprint density at radius 1 is 1.39 bits per heavy atom. The molecular weight excluding hydrogens is 294 g/mol. The number of carbonyl (C=O) groups is 1. The van der Waals surface area contributed by atoms with E-state index in [0.717, 1.165) is 58.2 Å². The van der Waals surface area contributed by atoms with E-state index in [0.29, 0.717) is 11.6 Å². The number of aromatic nitrogens is 1. The summed E-state index contributed by atoms with van der Waals surface area (Å²) in [4.78, 5) is 14.6. The molecule has 0 unspecified atom stereocenters. The summed E-state index contributed by atoms with van der Waals surface area (Å²) in [6.45, 7) is 4.30. The molecule has 0 spiro atoms. The highest BCUT2D eigenvalue weighted by molar-refractivity contribution is 5.91. The van der Waals surface area contributed by atoms with Crippen LogP contribution in [0.4, 0.5) is 5.82 Å². The molecule has 3 rings (SSSR count). The number of hydrogen-bond donors (Lipinski definition) is 2. The molecule has 0 radical (unpaired) electrons. The van der Waals surface area contributed by atoms with Crippen molar-refractivity contribution in [2.75, 3.05) is 25.0 Å². The molecule has 0 bridgehead atoms. The summed E-state index contributed by atoms with van der Waals surface area (Å²) in [6.07, 6.45) is 7.00. The summed E-state index contributed by atoms with van der Waals surface area (Å²) in [7, 11) is 0. The number of carbonyl (C=O) groups excluding carboxylic acids is 1. The zero-order valence-corrected chi connectivity index (χ0v) is 13.9.